The largest absolute Gasteiger partial charge is 0.492 e. The summed E-state index contributed by atoms with van der Waals surface area (Å²) in [6.45, 7) is 3.70. The highest BCUT2D eigenvalue weighted by Crippen LogP contribution is 2.26. The summed E-state index contributed by atoms with van der Waals surface area (Å²) in [7, 11) is 0. The van der Waals surface area contributed by atoms with Gasteiger partial charge in [-0.05, 0) is 26.0 Å². The second-order valence-electron chi connectivity index (χ2n) is 3.04. The average molecular weight is 204 g/mol. The van der Waals surface area contributed by atoms with E-state index in [1.165, 1.54) is 19.1 Å². The fourth-order valence-corrected chi connectivity index (χ4v) is 1.26. The van der Waals surface area contributed by atoms with E-state index in [4.69, 9.17) is 15.7 Å². The minimum atomic E-state index is -0.174. The number of ether oxygens (including phenoxy) is 1. The van der Waals surface area contributed by atoms with Crippen LogP contribution in [0.5, 0.6) is 5.75 Å². The summed E-state index contributed by atoms with van der Waals surface area (Å²) >= 11 is 0. The Hall–Kier alpha value is -2.02. The van der Waals surface area contributed by atoms with Crippen molar-refractivity contribution in [3.63, 3.8) is 0 Å². The summed E-state index contributed by atoms with van der Waals surface area (Å²) < 4.78 is 5.24. The number of nitrogen functional groups attached to an aromatic ring is 1. The van der Waals surface area contributed by atoms with E-state index in [0.717, 1.165) is 0 Å². The predicted octanol–water partition coefficient (Wildman–Crippen LogP) is 1.74. The van der Waals surface area contributed by atoms with E-state index in [0.29, 0.717) is 23.6 Å². The minimum absolute atomic E-state index is 0.174. The number of carbonyl (C=O) groups excluding carboxylic acids is 1. The Balaban J connectivity index is 3.32. The van der Waals surface area contributed by atoms with E-state index < -0.39 is 0 Å². The number of ketones is 1. The van der Waals surface area contributed by atoms with Gasteiger partial charge in [0, 0.05) is 5.56 Å². The number of carbonyl (C=O) groups is 1. The highest BCUT2D eigenvalue weighted by molar-refractivity contribution is 5.97. The molecule has 0 unspecified atom stereocenters. The first kappa shape index (κ1) is 11.1. The lowest BCUT2D eigenvalue weighted by molar-refractivity contribution is 0.101. The molecule has 0 aliphatic heterocycles. The topological polar surface area (TPSA) is 76.1 Å². The predicted molar refractivity (Wildman–Crippen MR) is 56.7 cm³/mol. The molecular formula is C11H12N2O2. The third-order valence-electron chi connectivity index (χ3n) is 1.95. The van der Waals surface area contributed by atoms with Crippen molar-refractivity contribution >= 4 is 11.5 Å². The zero-order valence-corrected chi connectivity index (χ0v) is 8.70. The number of benzene rings is 1. The smallest absolute Gasteiger partial charge is 0.161 e. The summed E-state index contributed by atoms with van der Waals surface area (Å²) in [4.78, 5) is 11.2. The van der Waals surface area contributed by atoms with Gasteiger partial charge >= 0.3 is 0 Å². The van der Waals surface area contributed by atoms with Crippen LogP contribution in [0.1, 0.15) is 29.8 Å². The van der Waals surface area contributed by atoms with Gasteiger partial charge in [-0.1, -0.05) is 0 Å². The monoisotopic (exact) mass is 204 g/mol. The van der Waals surface area contributed by atoms with Gasteiger partial charge in [-0.3, -0.25) is 4.79 Å². The number of hydrogen-bond donors (Lipinski definition) is 1. The third kappa shape index (κ3) is 2.26. The molecule has 1 rings (SSSR count). The molecule has 0 saturated carbocycles. The summed E-state index contributed by atoms with van der Waals surface area (Å²) in [6.07, 6.45) is 0. The maximum absolute atomic E-state index is 11.2. The molecule has 0 aromatic heterocycles. The van der Waals surface area contributed by atoms with Gasteiger partial charge in [0.25, 0.3) is 0 Å². The molecule has 0 aliphatic rings. The molecule has 2 N–H and O–H groups in total. The molecule has 4 nitrogen and oxygen atoms in total. The molecule has 15 heavy (non-hydrogen) atoms. The lowest BCUT2D eigenvalue weighted by Gasteiger charge is -2.09. The van der Waals surface area contributed by atoms with Crippen molar-refractivity contribution in [2.75, 3.05) is 12.3 Å². The van der Waals surface area contributed by atoms with Crippen LogP contribution in [-0.4, -0.2) is 12.4 Å². The van der Waals surface area contributed by atoms with Crippen LogP contribution in [0.3, 0.4) is 0 Å². The summed E-state index contributed by atoms with van der Waals surface area (Å²) in [5, 5.41) is 8.81. The Morgan fingerprint density at radius 2 is 2.27 bits per heavy atom. The van der Waals surface area contributed by atoms with E-state index in [2.05, 4.69) is 0 Å². The lowest BCUT2D eigenvalue weighted by atomic mass is 10.0. The molecule has 0 radical (unpaired) electrons. The van der Waals surface area contributed by atoms with Gasteiger partial charge in [-0.15, -0.1) is 0 Å². The summed E-state index contributed by atoms with van der Waals surface area (Å²) in [5.41, 5.74) is 6.66. The quantitative estimate of drug-likeness (QED) is 0.601. The standard InChI is InChI=1S/C11H12N2O2/c1-3-15-11-5-9(7(2)14)8(6-12)4-10(11)13/h4-5H,3,13H2,1-2H3. The normalized spacial score (nSPS) is 9.40. The van der Waals surface area contributed by atoms with Crippen molar-refractivity contribution in [2.45, 2.75) is 13.8 Å². The van der Waals surface area contributed by atoms with Gasteiger partial charge in [0.2, 0.25) is 0 Å². The van der Waals surface area contributed by atoms with Gasteiger partial charge in [-0.25, -0.2) is 0 Å². The molecule has 0 atom stereocenters. The van der Waals surface area contributed by atoms with Crippen molar-refractivity contribution in [2.24, 2.45) is 0 Å². The molecule has 78 valence electrons. The number of Topliss-reactive ketones (excluding diaryl/α,β-unsaturated/α-hetero) is 1. The van der Waals surface area contributed by atoms with Gasteiger partial charge in [0.1, 0.15) is 5.75 Å². The first-order valence-electron chi connectivity index (χ1n) is 4.57. The Morgan fingerprint density at radius 3 is 2.73 bits per heavy atom. The molecule has 1 aromatic rings. The first-order chi connectivity index (χ1) is 7.10. The summed E-state index contributed by atoms with van der Waals surface area (Å²) in [5.74, 6) is 0.272. The lowest BCUT2D eigenvalue weighted by Crippen LogP contribution is -2.03. The fourth-order valence-electron chi connectivity index (χ4n) is 1.26. The maximum atomic E-state index is 11.2. The molecule has 0 saturated heterocycles. The fraction of sp³-hybridized carbons (Fsp3) is 0.273. The van der Waals surface area contributed by atoms with Crippen molar-refractivity contribution in [3.05, 3.63) is 23.3 Å². The molecule has 0 amide bonds. The first-order valence-corrected chi connectivity index (χ1v) is 4.57. The van der Waals surface area contributed by atoms with Crippen molar-refractivity contribution in [3.8, 4) is 11.8 Å². The Kier molecular flexibility index (Phi) is 3.29. The molecule has 4 heteroatoms. The van der Waals surface area contributed by atoms with Crippen LogP contribution >= 0.6 is 0 Å². The number of anilines is 1. The van der Waals surface area contributed by atoms with Gasteiger partial charge in [0.15, 0.2) is 5.78 Å². The number of rotatable bonds is 3. The van der Waals surface area contributed by atoms with Gasteiger partial charge in [0.05, 0.1) is 23.9 Å². The van der Waals surface area contributed by atoms with Crippen molar-refractivity contribution < 1.29 is 9.53 Å². The van der Waals surface area contributed by atoms with Crippen molar-refractivity contribution in [1.82, 2.24) is 0 Å². The number of nitrogens with two attached hydrogens (primary N) is 1. The molecule has 1 aromatic carbocycles. The highest BCUT2D eigenvalue weighted by atomic mass is 16.5. The Morgan fingerprint density at radius 1 is 1.60 bits per heavy atom. The molecule has 0 fully saturated rings. The van der Waals surface area contributed by atoms with Crippen LogP contribution in [-0.2, 0) is 0 Å². The van der Waals surface area contributed by atoms with Gasteiger partial charge < -0.3 is 10.5 Å². The molecule has 0 spiro atoms. The van der Waals surface area contributed by atoms with Gasteiger partial charge in [-0.2, -0.15) is 5.26 Å². The Bertz CT molecular complexity index is 433. The van der Waals surface area contributed by atoms with Crippen LogP contribution in [0.25, 0.3) is 0 Å². The van der Waals surface area contributed by atoms with E-state index in [1.807, 2.05) is 13.0 Å². The Labute approximate surface area is 88.3 Å². The van der Waals surface area contributed by atoms with E-state index in [9.17, 15) is 4.79 Å². The molecular weight excluding hydrogens is 192 g/mol. The third-order valence-corrected chi connectivity index (χ3v) is 1.95. The minimum Gasteiger partial charge on any atom is -0.492 e. The van der Waals surface area contributed by atoms with Crippen LogP contribution in [0, 0.1) is 11.3 Å². The molecule has 0 bridgehead atoms. The molecule has 0 aliphatic carbocycles. The van der Waals surface area contributed by atoms with Crippen LogP contribution in [0.15, 0.2) is 12.1 Å². The zero-order chi connectivity index (χ0) is 11.4. The number of nitrogens with zero attached hydrogens (tertiary/aromatic N) is 1. The van der Waals surface area contributed by atoms with E-state index >= 15 is 0 Å². The highest BCUT2D eigenvalue weighted by Gasteiger charge is 2.11. The second kappa shape index (κ2) is 4.47. The average Bonchev–Trinajstić information content (AvgIpc) is 2.20. The second-order valence-corrected chi connectivity index (χ2v) is 3.04. The zero-order valence-electron chi connectivity index (χ0n) is 8.70. The van der Waals surface area contributed by atoms with E-state index in [1.54, 1.807) is 0 Å². The number of hydrogen-bond acceptors (Lipinski definition) is 4. The SMILES string of the molecule is CCOc1cc(C(C)=O)c(C#N)cc1N. The van der Waals surface area contributed by atoms with Crippen LogP contribution in [0.2, 0.25) is 0 Å². The maximum Gasteiger partial charge on any atom is 0.161 e. The van der Waals surface area contributed by atoms with Crippen LogP contribution in [0.4, 0.5) is 5.69 Å². The van der Waals surface area contributed by atoms with Crippen LogP contribution < -0.4 is 10.5 Å². The number of nitriles is 1. The molecule has 0 heterocycles. The van der Waals surface area contributed by atoms with Crippen molar-refractivity contribution in [1.29, 1.82) is 5.26 Å². The van der Waals surface area contributed by atoms with E-state index in [-0.39, 0.29) is 11.3 Å². The summed E-state index contributed by atoms with van der Waals surface area (Å²) in [6, 6.07) is 4.90.